The lowest BCUT2D eigenvalue weighted by molar-refractivity contribution is -0.116. The number of anilines is 1. The smallest absolute Gasteiger partial charge is 0.224 e. The number of aryl methyl sites for hydroxylation is 3. The fourth-order valence-corrected chi connectivity index (χ4v) is 3.03. The molecule has 2 aromatic carbocycles. The van der Waals surface area contributed by atoms with Crippen molar-refractivity contribution in [2.75, 3.05) is 5.32 Å². The van der Waals surface area contributed by atoms with Crippen LogP contribution in [0.3, 0.4) is 0 Å². The van der Waals surface area contributed by atoms with E-state index >= 15 is 0 Å². The summed E-state index contributed by atoms with van der Waals surface area (Å²) >= 11 is 0. The summed E-state index contributed by atoms with van der Waals surface area (Å²) < 4.78 is 0. The molecule has 1 heterocycles. The Morgan fingerprint density at radius 1 is 1.14 bits per heavy atom. The van der Waals surface area contributed by atoms with Crippen molar-refractivity contribution >= 4 is 11.6 Å². The minimum atomic E-state index is -0.131. The largest absolute Gasteiger partial charge is 0.326 e. The molecule has 0 saturated heterocycles. The van der Waals surface area contributed by atoms with E-state index in [0.29, 0.717) is 6.42 Å². The Labute approximate surface area is 131 Å². The molecule has 0 saturated carbocycles. The molecular formula is C19H22N2O. The summed E-state index contributed by atoms with van der Waals surface area (Å²) in [6.07, 6.45) is 2.24. The van der Waals surface area contributed by atoms with E-state index in [2.05, 4.69) is 55.6 Å². The van der Waals surface area contributed by atoms with Crippen LogP contribution in [0, 0.1) is 6.92 Å². The Kier molecular flexibility index (Phi) is 3.99. The predicted octanol–water partition coefficient (Wildman–Crippen LogP) is 3.49. The van der Waals surface area contributed by atoms with Gasteiger partial charge in [0.15, 0.2) is 0 Å². The van der Waals surface area contributed by atoms with Gasteiger partial charge in [-0.3, -0.25) is 4.79 Å². The number of carbonyl (C=O) groups is 1. The Morgan fingerprint density at radius 2 is 1.86 bits per heavy atom. The number of amides is 1. The highest BCUT2D eigenvalue weighted by Crippen LogP contribution is 2.32. The van der Waals surface area contributed by atoms with Gasteiger partial charge in [-0.05, 0) is 42.0 Å². The van der Waals surface area contributed by atoms with Gasteiger partial charge in [-0.1, -0.05) is 48.9 Å². The molecule has 0 aromatic heterocycles. The molecule has 3 N–H and O–H groups in total. The molecule has 0 fully saturated rings. The quantitative estimate of drug-likeness (QED) is 0.910. The van der Waals surface area contributed by atoms with E-state index in [4.69, 9.17) is 5.73 Å². The fraction of sp³-hybridized carbons (Fsp3) is 0.316. The molecule has 0 aliphatic carbocycles. The highest BCUT2D eigenvalue weighted by atomic mass is 16.1. The molecule has 2 aromatic rings. The molecule has 3 rings (SSSR count). The van der Waals surface area contributed by atoms with Gasteiger partial charge in [-0.25, -0.2) is 0 Å². The molecule has 22 heavy (non-hydrogen) atoms. The van der Waals surface area contributed by atoms with Crippen molar-refractivity contribution in [1.29, 1.82) is 0 Å². The second-order valence-corrected chi connectivity index (χ2v) is 6.00. The molecule has 1 unspecified atom stereocenters. The molecular weight excluding hydrogens is 272 g/mol. The Morgan fingerprint density at radius 3 is 2.55 bits per heavy atom. The minimum Gasteiger partial charge on any atom is -0.326 e. The third-order valence-corrected chi connectivity index (χ3v) is 4.39. The highest BCUT2D eigenvalue weighted by Gasteiger charge is 2.20. The van der Waals surface area contributed by atoms with E-state index in [-0.39, 0.29) is 11.9 Å². The maximum atomic E-state index is 11.6. The van der Waals surface area contributed by atoms with Crippen LogP contribution in [0.5, 0.6) is 0 Å². The van der Waals surface area contributed by atoms with Crippen molar-refractivity contribution in [3.05, 3.63) is 64.2 Å². The van der Waals surface area contributed by atoms with Gasteiger partial charge >= 0.3 is 0 Å². The van der Waals surface area contributed by atoms with Gasteiger partial charge in [-0.2, -0.15) is 0 Å². The summed E-state index contributed by atoms with van der Waals surface area (Å²) in [5.74, 6) is 0.109. The second-order valence-electron chi connectivity index (χ2n) is 6.00. The highest BCUT2D eigenvalue weighted by molar-refractivity contribution is 5.95. The molecule has 1 aliphatic rings. The molecule has 114 valence electrons. The van der Waals surface area contributed by atoms with Crippen LogP contribution in [0.15, 0.2) is 36.4 Å². The number of hydrogen-bond acceptors (Lipinski definition) is 2. The molecule has 3 nitrogen and oxygen atoms in total. The lowest BCUT2D eigenvalue weighted by atomic mass is 9.90. The number of nitrogens with one attached hydrogen (secondary N) is 1. The van der Waals surface area contributed by atoms with Gasteiger partial charge in [0.1, 0.15) is 0 Å². The van der Waals surface area contributed by atoms with Crippen molar-refractivity contribution in [2.45, 2.75) is 39.2 Å². The number of rotatable bonds is 3. The standard InChI is InChI=1S/C19H22N2O/c1-3-13-10-16(11-15-8-9-17(22)21-19(13)15)18(20)14-6-4-12(2)5-7-14/h4-7,10-11,18H,3,8-9,20H2,1-2H3,(H,21,22). The zero-order valence-corrected chi connectivity index (χ0v) is 13.1. The van der Waals surface area contributed by atoms with Crippen LogP contribution in [0.1, 0.15) is 47.2 Å². The lowest BCUT2D eigenvalue weighted by Gasteiger charge is -2.23. The summed E-state index contributed by atoms with van der Waals surface area (Å²) in [5, 5.41) is 3.01. The third kappa shape index (κ3) is 2.77. The molecule has 1 aliphatic heterocycles. The van der Waals surface area contributed by atoms with Crippen molar-refractivity contribution in [2.24, 2.45) is 5.73 Å². The normalized spacial score (nSPS) is 15.1. The van der Waals surface area contributed by atoms with Crippen LogP contribution < -0.4 is 11.1 Å². The number of hydrogen-bond donors (Lipinski definition) is 2. The predicted molar refractivity (Wildman–Crippen MR) is 90.0 cm³/mol. The number of benzene rings is 2. The van der Waals surface area contributed by atoms with Gasteiger partial charge < -0.3 is 11.1 Å². The number of carbonyl (C=O) groups excluding carboxylic acids is 1. The van der Waals surface area contributed by atoms with Gasteiger partial charge in [0.2, 0.25) is 5.91 Å². The van der Waals surface area contributed by atoms with E-state index < -0.39 is 0 Å². The summed E-state index contributed by atoms with van der Waals surface area (Å²) in [5.41, 5.74) is 13.3. The van der Waals surface area contributed by atoms with E-state index in [1.165, 1.54) is 16.7 Å². The maximum absolute atomic E-state index is 11.6. The SMILES string of the molecule is CCc1cc(C(N)c2ccc(C)cc2)cc2c1NC(=O)CC2. The van der Waals surface area contributed by atoms with Crippen LogP contribution in [0.25, 0.3) is 0 Å². The molecule has 0 bridgehead atoms. The minimum absolute atomic E-state index is 0.109. The third-order valence-electron chi connectivity index (χ3n) is 4.39. The first-order valence-corrected chi connectivity index (χ1v) is 7.86. The molecule has 3 heteroatoms. The van der Waals surface area contributed by atoms with Crippen LogP contribution >= 0.6 is 0 Å². The zero-order chi connectivity index (χ0) is 15.7. The van der Waals surface area contributed by atoms with Gasteiger partial charge in [0.05, 0.1) is 6.04 Å². The van der Waals surface area contributed by atoms with Gasteiger partial charge in [0.25, 0.3) is 0 Å². The van der Waals surface area contributed by atoms with Gasteiger partial charge in [-0.15, -0.1) is 0 Å². The van der Waals surface area contributed by atoms with E-state index in [9.17, 15) is 4.79 Å². The Balaban J connectivity index is 2.00. The second kappa shape index (κ2) is 5.93. The van der Waals surface area contributed by atoms with E-state index in [0.717, 1.165) is 29.7 Å². The first-order chi connectivity index (χ1) is 10.6. The first kappa shape index (κ1) is 14.8. The van der Waals surface area contributed by atoms with Crippen LogP contribution in [0.2, 0.25) is 0 Å². The maximum Gasteiger partial charge on any atom is 0.224 e. The average molecular weight is 294 g/mol. The summed E-state index contributed by atoms with van der Waals surface area (Å²) in [4.78, 5) is 11.6. The average Bonchev–Trinajstić information content (AvgIpc) is 2.54. The molecule has 1 atom stereocenters. The van der Waals surface area contributed by atoms with Crippen molar-refractivity contribution in [3.8, 4) is 0 Å². The van der Waals surface area contributed by atoms with Crippen molar-refractivity contribution in [3.63, 3.8) is 0 Å². The molecule has 0 spiro atoms. The lowest BCUT2D eigenvalue weighted by Crippen LogP contribution is -2.21. The Bertz CT molecular complexity index is 687. The number of fused-ring (bicyclic) bond motifs is 1. The monoisotopic (exact) mass is 294 g/mol. The van der Waals surface area contributed by atoms with Crippen molar-refractivity contribution in [1.82, 2.24) is 0 Å². The van der Waals surface area contributed by atoms with Crippen LogP contribution in [-0.2, 0) is 17.6 Å². The fourth-order valence-electron chi connectivity index (χ4n) is 3.03. The zero-order valence-electron chi connectivity index (χ0n) is 13.1. The molecule has 1 amide bonds. The van der Waals surface area contributed by atoms with E-state index in [1.807, 2.05) is 0 Å². The topological polar surface area (TPSA) is 55.1 Å². The number of nitrogens with two attached hydrogens (primary N) is 1. The Hall–Kier alpha value is -2.13. The van der Waals surface area contributed by atoms with Gasteiger partial charge in [0, 0.05) is 12.1 Å². The van der Waals surface area contributed by atoms with Crippen LogP contribution in [-0.4, -0.2) is 5.91 Å². The van der Waals surface area contributed by atoms with Crippen LogP contribution in [0.4, 0.5) is 5.69 Å². The van der Waals surface area contributed by atoms with E-state index in [1.54, 1.807) is 0 Å². The first-order valence-electron chi connectivity index (χ1n) is 7.86. The summed E-state index contributed by atoms with van der Waals surface area (Å²) in [7, 11) is 0. The molecule has 0 radical (unpaired) electrons. The van der Waals surface area contributed by atoms with Crippen molar-refractivity contribution < 1.29 is 4.79 Å². The summed E-state index contributed by atoms with van der Waals surface area (Å²) in [6, 6.07) is 12.5. The summed E-state index contributed by atoms with van der Waals surface area (Å²) in [6.45, 7) is 4.18.